The third-order valence-corrected chi connectivity index (χ3v) is 3.20. The van der Waals surface area contributed by atoms with E-state index in [0.29, 0.717) is 12.2 Å². The van der Waals surface area contributed by atoms with Gasteiger partial charge in [-0.1, -0.05) is 12.1 Å². The van der Waals surface area contributed by atoms with E-state index in [-0.39, 0.29) is 12.1 Å². The second kappa shape index (κ2) is 3.83. The molecule has 3 nitrogen and oxygen atoms in total. The molecule has 0 aliphatic heterocycles. The van der Waals surface area contributed by atoms with Crippen molar-refractivity contribution in [3.05, 3.63) is 29.3 Å². The van der Waals surface area contributed by atoms with Gasteiger partial charge in [-0.3, -0.25) is 0 Å². The van der Waals surface area contributed by atoms with Crippen molar-refractivity contribution >= 4 is 0 Å². The van der Waals surface area contributed by atoms with Gasteiger partial charge in [0.15, 0.2) is 0 Å². The summed E-state index contributed by atoms with van der Waals surface area (Å²) in [6, 6.07) is 5.72. The van der Waals surface area contributed by atoms with Gasteiger partial charge in [-0.25, -0.2) is 0 Å². The molecule has 15 heavy (non-hydrogen) atoms. The van der Waals surface area contributed by atoms with E-state index in [9.17, 15) is 10.2 Å². The van der Waals surface area contributed by atoms with E-state index < -0.39 is 0 Å². The summed E-state index contributed by atoms with van der Waals surface area (Å²) in [7, 11) is 3.95. The van der Waals surface area contributed by atoms with Crippen LogP contribution in [0.2, 0.25) is 0 Å². The summed E-state index contributed by atoms with van der Waals surface area (Å²) < 4.78 is 0. The number of nitrogens with zero attached hydrogens (tertiary/aromatic N) is 1. The SMILES string of the molecule is CN(C)C1Cc2cccc(O)c2CC1O. The van der Waals surface area contributed by atoms with Crippen molar-refractivity contribution in [1.82, 2.24) is 4.90 Å². The van der Waals surface area contributed by atoms with E-state index in [0.717, 1.165) is 17.5 Å². The Kier molecular flexibility index (Phi) is 2.67. The predicted octanol–water partition coefficient (Wildman–Crippen LogP) is 0.782. The molecule has 2 N–H and O–H groups in total. The molecule has 0 radical (unpaired) electrons. The Balaban J connectivity index is 2.34. The van der Waals surface area contributed by atoms with Crippen molar-refractivity contribution < 1.29 is 10.2 Å². The van der Waals surface area contributed by atoms with Crippen molar-refractivity contribution in [3.63, 3.8) is 0 Å². The fraction of sp³-hybridized carbons (Fsp3) is 0.500. The Morgan fingerprint density at radius 3 is 2.67 bits per heavy atom. The average Bonchev–Trinajstić information content (AvgIpc) is 2.18. The number of phenolic OH excluding ortho intramolecular Hbond substituents is 1. The Morgan fingerprint density at radius 2 is 2.00 bits per heavy atom. The minimum atomic E-state index is -0.388. The predicted molar refractivity (Wildman–Crippen MR) is 59.0 cm³/mol. The number of likely N-dealkylation sites (N-methyl/N-ethyl adjacent to an activating group) is 1. The van der Waals surface area contributed by atoms with Gasteiger partial charge in [0.1, 0.15) is 5.75 Å². The van der Waals surface area contributed by atoms with Crippen LogP contribution in [0.1, 0.15) is 11.1 Å². The second-order valence-electron chi connectivity index (χ2n) is 4.42. The maximum absolute atomic E-state index is 9.96. The van der Waals surface area contributed by atoms with E-state index in [2.05, 4.69) is 0 Å². The van der Waals surface area contributed by atoms with Crippen molar-refractivity contribution in [2.75, 3.05) is 14.1 Å². The molecule has 2 unspecified atom stereocenters. The Hall–Kier alpha value is -1.06. The lowest BCUT2D eigenvalue weighted by Crippen LogP contribution is -2.44. The maximum Gasteiger partial charge on any atom is 0.119 e. The second-order valence-corrected chi connectivity index (χ2v) is 4.42. The van der Waals surface area contributed by atoms with Gasteiger partial charge < -0.3 is 15.1 Å². The van der Waals surface area contributed by atoms with Crippen molar-refractivity contribution in [2.45, 2.75) is 25.0 Å². The average molecular weight is 207 g/mol. The molecule has 0 aromatic heterocycles. The van der Waals surface area contributed by atoms with Crippen LogP contribution in [-0.2, 0) is 12.8 Å². The number of hydrogen-bond donors (Lipinski definition) is 2. The van der Waals surface area contributed by atoms with Crippen molar-refractivity contribution in [2.24, 2.45) is 0 Å². The van der Waals surface area contributed by atoms with Crippen LogP contribution >= 0.6 is 0 Å². The first-order chi connectivity index (χ1) is 7.09. The molecule has 1 aliphatic rings. The number of aliphatic hydroxyl groups is 1. The van der Waals surface area contributed by atoms with Crippen LogP contribution < -0.4 is 0 Å². The number of aromatic hydroxyl groups is 1. The first-order valence-corrected chi connectivity index (χ1v) is 5.24. The summed E-state index contributed by atoms with van der Waals surface area (Å²) in [6.45, 7) is 0. The summed E-state index contributed by atoms with van der Waals surface area (Å²) in [4.78, 5) is 2.04. The third kappa shape index (κ3) is 1.85. The van der Waals surface area contributed by atoms with Crippen molar-refractivity contribution in [3.8, 4) is 5.75 Å². The van der Waals surface area contributed by atoms with Crippen LogP contribution in [0.25, 0.3) is 0 Å². The number of hydrogen-bond acceptors (Lipinski definition) is 3. The van der Waals surface area contributed by atoms with Gasteiger partial charge in [-0.05, 0) is 37.7 Å². The molecule has 3 heteroatoms. The molecular weight excluding hydrogens is 190 g/mol. The highest BCUT2D eigenvalue weighted by molar-refractivity contribution is 5.42. The van der Waals surface area contributed by atoms with Crippen LogP contribution in [-0.4, -0.2) is 41.4 Å². The molecule has 2 rings (SSSR count). The first kappa shape index (κ1) is 10.5. The van der Waals surface area contributed by atoms with Gasteiger partial charge in [0.05, 0.1) is 6.10 Å². The largest absolute Gasteiger partial charge is 0.508 e. The fourth-order valence-electron chi connectivity index (χ4n) is 2.28. The van der Waals surface area contributed by atoms with E-state index >= 15 is 0 Å². The van der Waals surface area contributed by atoms with Gasteiger partial charge >= 0.3 is 0 Å². The number of aliphatic hydroxyl groups excluding tert-OH is 1. The summed E-state index contributed by atoms with van der Waals surface area (Å²) in [5.74, 6) is 0.309. The smallest absolute Gasteiger partial charge is 0.119 e. The van der Waals surface area contributed by atoms with E-state index in [1.807, 2.05) is 31.1 Å². The quantitative estimate of drug-likeness (QED) is 0.715. The highest BCUT2D eigenvalue weighted by atomic mass is 16.3. The summed E-state index contributed by atoms with van der Waals surface area (Å²) in [5, 5.41) is 19.6. The van der Waals surface area contributed by atoms with Crippen LogP contribution in [0.4, 0.5) is 0 Å². The topological polar surface area (TPSA) is 43.7 Å². The molecule has 1 aromatic carbocycles. The molecular formula is C12H17NO2. The normalized spacial score (nSPS) is 25.3. The number of phenols is 1. The maximum atomic E-state index is 9.96. The zero-order valence-electron chi connectivity index (χ0n) is 9.14. The van der Waals surface area contributed by atoms with Crippen LogP contribution in [0.3, 0.4) is 0 Å². The molecule has 0 fully saturated rings. The first-order valence-electron chi connectivity index (χ1n) is 5.24. The van der Waals surface area contributed by atoms with Crippen molar-refractivity contribution in [1.29, 1.82) is 0 Å². The van der Waals surface area contributed by atoms with Gasteiger partial charge in [-0.15, -0.1) is 0 Å². The van der Waals surface area contributed by atoms with Gasteiger partial charge in [0.25, 0.3) is 0 Å². The van der Waals surface area contributed by atoms with E-state index in [4.69, 9.17) is 0 Å². The van der Waals surface area contributed by atoms with Crippen LogP contribution in [0.15, 0.2) is 18.2 Å². The highest BCUT2D eigenvalue weighted by Gasteiger charge is 2.29. The van der Waals surface area contributed by atoms with Gasteiger partial charge in [-0.2, -0.15) is 0 Å². The Labute approximate surface area is 90.0 Å². The monoisotopic (exact) mass is 207 g/mol. The fourth-order valence-corrected chi connectivity index (χ4v) is 2.28. The van der Waals surface area contributed by atoms with E-state index in [1.165, 1.54) is 0 Å². The molecule has 2 atom stereocenters. The zero-order valence-corrected chi connectivity index (χ0v) is 9.14. The number of rotatable bonds is 1. The summed E-state index contributed by atoms with van der Waals surface area (Å²) in [6.07, 6.45) is 0.962. The van der Waals surface area contributed by atoms with Gasteiger partial charge in [0.2, 0.25) is 0 Å². The number of fused-ring (bicyclic) bond motifs is 1. The summed E-state index contributed by atoms with van der Waals surface area (Å²) >= 11 is 0. The minimum Gasteiger partial charge on any atom is -0.508 e. The lowest BCUT2D eigenvalue weighted by Gasteiger charge is -2.34. The Bertz CT molecular complexity index is 363. The molecule has 82 valence electrons. The minimum absolute atomic E-state index is 0.152. The molecule has 1 aliphatic carbocycles. The molecule has 1 aromatic rings. The molecule has 0 heterocycles. The molecule has 0 saturated heterocycles. The molecule has 0 saturated carbocycles. The highest BCUT2D eigenvalue weighted by Crippen LogP contribution is 2.30. The van der Waals surface area contributed by atoms with Crippen LogP contribution in [0, 0.1) is 0 Å². The lowest BCUT2D eigenvalue weighted by molar-refractivity contribution is 0.0684. The van der Waals surface area contributed by atoms with E-state index in [1.54, 1.807) is 6.07 Å². The number of benzene rings is 1. The lowest BCUT2D eigenvalue weighted by atomic mass is 9.85. The standard InChI is InChI=1S/C12H17NO2/c1-13(2)10-6-8-4-3-5-11(14)9(8)7-12(10)15/h3-5,10,12,14-15H,6-7H2,1-2H3. The molecule has 0 bridgehead atoms. The Morgan fingerprint density at radius 1 is 1.27 bits per heavy atom. The van der Waals surface area contributed by atoms with Crippen LogP contribution in [0.5, 0.6) is 5.75 Å². The zero-order chi connectivity index (χ0) is 11.0. The molecule has 0 spiro atoms. The van der Waals surface area contributed by atoms with Gasteiger partial charge in [0, 0.05) is 12.5 Å². The summed E-state index contributed by atoms with van der Waals surface area (Å²) in [5.41, 5.74) is 2.06. The third-order valence-electron chi connectivity index (χ3n) is 3.20. The molecule has 0 amide bonds.